The fourth-order valence-corrected chi connectivity index (χ4v) is 6.79. The summed E-state index contributed by atoms with van der Waals surface area (Å²) in [6.07, 6.45) is 64.2. The van der Waals surface area contributed by atoms with Gasteiger partial charge in [0.2, 0.25) is 0 Å². The lowest BCUT2D eigenvalue weighted by molar-refractivity contribution is -0.167. The molecule has 0 saturated carbocycles. The summed E-state index contributed by atoms with van der Waals surface area (Å²) in [7, 11) is 0. The van der Waals surface area contributed by atoms with Crippen molar-refractivity contribution in [2.75, 3.05) is 13.2 Å². The standard InChI is InChI=1S/C56H94O6/c1-4-7-10-13-16-19-22-25-27-28-30-32-35-38-41-44-47-50-56(59)62-53(51-60-54(57)48-45-42-39-36-33-24-21-18-15-12-9-6-3)52-61-55(58)49-46-43-40-37-34-31-29-26-23-20-17-14-11-8-5-2/h7,10,16-17,19-20,25-27,29-30,32,34,37,53H,4-6,8-9,11-15,18,21-24,28,31,33,35-36,38-52H2,1-3H3/b10-7-,19-16-,20-17-,27-25-,29-26-,32-30-,37-34-/t53-/m0/s1. The van der Waals surface area contributed by atoms with Crippen molar-refractivity contribution in [2.45, 2.75) is 239 Å². The fourth-order valence-electron chi connectivity index (χ4n) is 6.79. The van der Waals surface area contributed by atoms with Gasteiger partial charge in [-0.2, -0.15) is 0 Å². The fraction of sp³-hybridized carbons (Fsp3) is 0.696. The highest BCUT2D eigenvalue weighted by Crippen LogP contribution is 2.14. The van der Waals surface area contributed by atoms with Gasteiger partial charge in [0.05, 0.1) is 0 Å². The van der Waals surface area contributed by atoms with Crippen LogP contribution in [0, 0.1) is 0 Å². The molecular formula is C56H94O6. The van der Waals surface area contributed by atoms with Crippen molar-refractivity contribution in [3.05, 3.63) is 85.1 Å². The maximum atomic E-state index is 12.8. The average Bonchev–Trinajstić information content (AvgIpc) is 3.27. The van der Waals surface area contributed by atoms with Crippen LogP contribution < -0.4 is 0 Å². The van der Waals surface area contributed by atoms with Crippen molar-refractivity contribution in [1.82, 2.24) is 0 Å². The van der Waals surface area contributed by atoms with Gasteiger partial charge < -0.3 is 14.2 Å². The first-order valence-electron chi connectivity index (χ1n) is 25.6. The van der Waals surface area contributed by atoms with E-state index in [-0.39, 0.29) is 31.1 Å². The van der Waals surface area contributed by atoms with Gasteiger partial charge in [-0.25, -0.2) is 0 Å². The molecule has 0 bridgehead atoms. The third kappa shape index (κ3) is 47.6. The molecule has 6 nitrogen and oxygen atoms in total. The lowest BCUT2D eigenvalue weighted by Gasteiger charge is -2.18. The Balaban J connectivity index is 4.49. The van der Waals surface area contributed by atoms with Crippen molar-refractivity contribution < 1.29 is 28.6 Å². The Labute approximate surface area is 382 Å². The molecule has 0 fully saturated rings. The van der Waals surface area contributed by atoms with Crippen LogP contribution in [0.3, 0.4) is 0 Å². The number of esters is 3. The molecule has 0 heterocycles. The number of hydrogen-bond acceptors (Lipinski definition) is 6. The number of hydrogen-bond donors (Lipinski definition) is 0. The van der Waals surface area contributed by atoms with E-state index in [1.165, 1.54) is 83.5 Å². The summed E-state index contributed by atoms with van der Waals surface area (Å²) >= 11 is 0. The first-order valence-corrected chi connectivity index (χ1v) is 25.6. The lowest BCUT2D eigenvalue weighted by Crippen LogP contribution is -2.30. The van der Waals surface area contributed by atoms with Gasteiger partial charge in [-0.3, -0.25) is 14.4 Å². The topological polar surface area (TPSA) is 78.9 Å². The van der Waals surface area contributed by atoms with Gasteiger partial charge in [0, 0.05) is 19.3 Å². The van der Waals surface area contributed by atoms with E-state index in [2.05, 4.69) is 106 Å². The van der Waals surface area contributed by atoms with E-state index < -0.39 is 6.10 Å². The van der Waals surface area contributed by atoms with Crippen LogP contribution in [-0.2, 0) is 28.6 Å². The molecule has 354 valence electrons. The van der Waals surface area contributed by atoms with Crippen molar-refractivity contribution >= 4 is 17.9 Å². The van der Waals surface area contributed by atoms with Gasteiger partial charge in [0.25, 0.3) is 0 Å². The minimum Gasteiger partial charge on any atom is -0.462 e. The van der Waals surface area contributed by atoms with Crippen LogP contribution >= 0.6 is 0 Å². The number of ether oxygens (including phenoxy) is 3. The molecule has 0 amide bonds. The highest BCUT2D eigenvalue weighted by Gasteiger charge is 2.19. The van der Waals surface area contributed by atoms with Crippen LogP contribution in [0.2, 0.25) is 0 Å². The summed E-state index contributed by atoms with van der Waals surface area (Å²) in [6, 6.07) is 0. The summed E-state index contributed by atoms with van der Waals surface area (Å²) in [5.41, 5.74) is 0. The molecule has 6 heteroatoms. The Morgan fingerprint density at radius 2 is 0.629 bits per heavy atom. The molecule has 0 saturated heterocycles. The van der Waals surface area contributed by atoms with Gasteiger partial charge in [-0.15, -0.1) is 0 Å². The minimum atomic E-state index is -0.803. The van der Waals surface area contributed by atoms with Crippen LogP contribution in [0.5, 0.6) is 0 Å². The largest absolute Gasteiger partial charge is 0.462 e. The Morgan fingerprint density at radius 3 is 1.05 bits per heavy atom. The summed E-state index contributed by atoms with van der Waals surface area (Å²) in [5, 5.41) is 0. The third-order valence-corrected chi connectivity index (χ3v) is 10.6. The summed E-state index contributed by atoms with van der Waals surface area (Å²) in [4.78, 5) is 37.9. The molecular weight excluding hydrogens is 769 g/mol. The number of carbonyl (C=O) groups excluding carboxylic acids is 3. The summed E-state index contributed by atoms with van der Waals surface area (Å²) < 4.78 is 16.7. The monoisotopic (exact) mass is 863 g/mol. The number of carbonyl (C=O) groups is 3. The zero-order valence-corrected chi connectivity index (χ0v) is 40.4. The molecule has 0 aliphatic carbocycles. The molecule has 0 unspecified atom stereocenters. The van der Waals surface area contributed by atoms with Crippen molar-refractivity contribution in [3.63, 3.8) is 0 Å². The number of unbranched alkanes of at least 4 members (excludes halogenated alkanes) is 20. The highest BCUT2D eigenvalue weighted by atomic mass is 16.6. The molecule has 0 aromatic heterocycles. The van der Waals surface area contributed by atoms with E-state index in [9.17, 15) is 14.4 Å². The zero-order valence-electron chi connectivity index (χ0n) is 40.4. The quantitative estimate of drug-likeness (QED) is 0.0263. The normalized spacial score (nSPS) is 12.8. The van der Waals surface area contributed by atoms with E-state index >= 15 is 0 Å². The van der Waals surface area contributed by atoms with Crippen molar-refractivity contribution in [1.29, 1.82) is 0 Å². The van der Waals surface area contributed by atoms with Gasteiger partial charge in [0.15, 0.2) is 6.10 Å². The van der Waals surface area contributed by atoms with Gasteiger partial charge in [-0.05, 0) is 96.3 Å². The molecule has 1 atom stereocenters. The van der Waals surface area contributed by atoms with E-state index in [4.69, 9.17) is 14.2 Å². The Morgan fingerprint density at radius 1 is 0.339 bits per heavy atom. The lowest BCUT2D eigenvalue weighted by atomic mass is 10.0. The Kier molecular flexibility index (Phi) is 47.5. The number of allylic oxidation sites excluding steroid dienone is 14. The predicted molar refractivity (Wildman–Crippen MR) is 265 cm³/mol. The van der Waals surface area contributed by atoms with Crippen molar-refractivity contribution in [2.24, 2.45) is 0 Å². The molecule has 62 heavy (non-hydrogen) atoms. The molecule has 0 rings (SSSR count). The smallest absolute Gasteiger partial charge is 0.306 e. The first kappa shape index (κ1) is 58.6. The second kappa shape index (κ2) is 50.2. The molecule has 0 spiro atoms. The highest BCUT2D eigenvalue weighted by molar-refractivity contribution is 5.71. The van der Waals surface area contributed by atoms with Crippen LogP contribution in [-0.4, -0.2) is 37.2 Å². The van der Waals surface area contributed by atoms with E-state index in [0.29, 0.717) is 19.3 Å². The molecule has 0 aromatic rings. The van der Waals surface area contributed by atoms with E-state index in [1.54, 1.807) is 0 Å². The van der Waals surface area contributed by atoms with E-state index in [0.717, 1.165) is 109 Å². The molecule has 0 N–H and O–H groups in total. The third-order valence-electron chi connectivity index (χ3n) is 10.6. The van der Waals surface area contributed by atoms with Gasteiger partial charge >= 0.3 is 17.9 Å². The Bertz CT molecular complexity index is 1220. The SMILES string of the molecule is CC/C=C\C/C=C\C/C=C\C/C=C\CCCCCCC(=O)O[C@H](COC(=O)CCCC/C=C\C/C=C\C/C=C\CCCCC)COC(=O)CCCCCCCCCCCCCC. The van der Waals surface area contributed by atoms with Crippen LogP contribution in [0.25, 0.3) is 0 Å². The maximum Gasteiger partial charge on any atom is 0.306 e. The van der Waals surface area contributed by atoms with Gasteiger partial charge in [0.1, 0.15) is 13.2 Å². The summed E-state index contributed by atoms with van der Waals surface area (Å²) in [5.74, 6) is -0.963. The predicted octanol–water partition coefficient (Wildman–Crippen LogP) is 16.8. The second-order valence-corrected chi connectivity index (χ2v) is 16.7. The zero-order chi connectivity index (χ0) is 45.1. The minimum absolute atomic E-state index is 0.0978. The second-order valence-electron chi connectivity index (χ2n) is 16.7. The molecule has 0 radical (unpaired) electrons. The molecule has 0 aliphatic rings. The average molecular weight is 863 g/mol. The van der Waals surface area contributed by atoms with Crippen LogP contribution in [0.15, 0.2) is 85.1 Å². The number of rotatable bonds is 45. The summed E-state index contributed by atoms with van der Waals surface area (Å²) in [6.45, 7) is 6.43. The molecule has 0 aliphatic heterocycles. The van der Waals surface area contributed by atoms with Gasteiger partial charge in [-0.1, -0.05) is 202 Å². The Hall–Kier alpha value is -3.41. The molecule has 0 aromatic carbocycles. The van der Waals surface area contributed by atoms with E-state index in [1.807, 2.05) is 0 Å². The first-order chi connectivity index (χ1) is 30.5. The maximum absolute atomic E-state index is 12.8. The van der Waals surface area contributed by atoms with Crippen LogP contribution in [0.4, 0.5) is 0 Å². The van der Waals surface area contributed by atoms with Crippen LogP contribution in [0.1, 0.15) is 233 Å². The van der Waals surface area contributed by atoms with Crippen molar-refractivity contribution in [3.8, 4) is 0 Å².